The van der Waals surface area contributed by atoms with Crippen LogP contribution in [0.15, 0.2) is 12.3 Å². The van der Waals surface area contributed by atoms with Crippen molar-refractivity contribution in [3.8, 4) is 0 Å². The van der Waals surface area contributed by atoms with Gasteiger partial charge >= 0.3 is 6.03 Å². The number of amides is 2. The molecule has 0 aliphatic rings. The van der Waals surface area contributed by atoms with Crippen LogP contribution >= 0.6 is 11.6 Å². The molecule has 0 spiro atoms. The number of aromatic nitrogens is 1. The van der Waals surface area contributed by atoms with E-state index in [4.69, 9.17) is 11.6 Å². The lowest BCUT2D eigenvalue weighted by Crippen LogP contribution is -2.52. The van der Waals surface area contributed by atoms with Crippen LogP contribution in [-0.2, 0) is 0 Å². The summed E-state index contributed by atoms with van der Waals surface area (Å²) < 4.78 is 0. The van der Waals surface area contributed by atoms with Crippen molar-refractivity contribution in [3.63, 3.8) is 0 Å². The Labute approximate surface area is 118 Å². The SMILES string of the molecule is CCC(CC)(CO)NC(=O)Nc1cnc(Cl)c(C)c1. The van der Waals surface area contributed by atoms with Crippen molar-refractivity contribution in [2.75, 3.05) is 11.9 Å². The highest BCUT2D eigenvalue weighted by Gasteiger charge is 2.27. The molecule has 6 heteroatoms. The Hall–Kier alpha value is -1.33. The van der Waals surface area contributed by atoms with Gasteiger partial charge in [-0.2, -0.15) is 0 Å². The first-order valence-electron chi connectivity index (χ1n) is 6.28. The van der Waals surface area contributed by atoms with Crippen molar-refractivity contribution < 1.29 is 9.90 Å². The molecule has 0 fully saturated rings. The molecular formula is C13H20ClN3O2. The summed E-state index contributed by atoms with van der Waals surface area (Å²) in [6.45, 7) is 5.57. The lowest BCUT2D eigenvalue weighted by molar-refractivity contribution is 0.155. The normalized spacial score (nSPS) is 11.2. The molecule has 5 nitrogen and oxygen atoms in total. The summed E-state index contributed by atoms with van der Waals surface area (Å²) in [5, 5.41) is 15.3. The maximum atomic E-state index is 11.9. The standard InChI is InChI=1S/C13H20ClN3O2/c1-4-13(5-2,8-18)17-12(19)16-10-6-9(3)11(14)15-7-10/h6-7,18H,4-5,8H2,1-3H3,(H2,16,17,19). The first-order chi connectivity index (χ1) is 8.96. The van der Waals surface area contributed by atoms with E-state index in [1.165, 1.54) is 6.20 Å². The first kappa shape index (κ1) is 15.7. The molecule has 0 aliphatic carbocycles. The molecule has 1 heterocycles. The molecule has 1 rings (SSSR count). The number of aliphatic hydroxyl groups excluding tert-OH is 1. The first-order valence-corrected chi connectivity index (χ1v) is 6.66. The second kappa shape index (κ2) is 6.73. The number of pyridine rings is 1. The van der Waals surface area contributed by atoms with Crippen molar-refractivity contribution in [1.29, 1.82) is 0 Å². The zero-order chi connectivity index (χ0) is 14.5. The van der Waals surface area contributed by atoms with E-state index in [0.29, 0.717) is 23.7 Å². The summed E-state index contributed by atoms with van der Waals surface area (Å²) in [6, 6.07) is 1.38. The van der Waals surface area contributed by atoms with Crippen LogP contribution in [-0.4, -0.2) is 28.3 Å². The van der Waals surface area contributed by atoms with Gasteiger partial charge in [0.15, 0.2) is 0 Å². The van der Waals surface area contributed by atoms with Crippen LogP contribution in [0.1, 0.15) is 32.3 Å². The number of anilines is 1. The number of hydrogen-bond acceptors (Lipinski definition) is 3. The van der Waals surface area contributed by atoms with Gasteiger partial charge < -0.3 is 15.7 Å². The number of urea groups is 1. The van der Waals surface area contributed by atoms with Gasteiger partial charge in [0.1, 0.15) is 5.15 Å². The molecule has 0 radical (unpaired) electrons. The van der Waals surface area contributed by atoms with Crippen molar-refractivity contribution >= 4 is 23.3 Å². The average Bonchev–Trinajstić information content (AvgIpc) is 2.40. The molecule has 1 aromatic rings. The van der Waals surface area contributed by atoms with Gasteiger partial charge in [-0.15, -0.1) is 0 Å². The van der Waals surface area contributed by atoms with Gasteiger partial charge in [0, 0.05) is 0 Å². The Balaban J connectivity index is 2.71. The molecule has 0 atom stereocenters. The molecular weight excluding hydrogens is 266 g/mol. The van der Waals surface area contributed by atoms with Crippen LogP contribution in [0, 0.1) is 6.92 Å². The third-order valence-corrected chi connectivity index (χ3v) is 3.70. The molecule has 1 aromatic heterocycles. The van der Waals surface area contributed by atoms with E-state index in [-0.39, 0.29) is 12.6 Å². The fraction of sp³-hybridized carbons (Fsp3) is 0.538. The Kier molecular flexibility index (Phi) is 5.57. The molecule has 0 aromatic carbocycles. The van der Waals surface area contributed by atoms with Gasteiger partial charge in [-0.3, -0.25) is 0 Å². The monoisotopic (exact) mass is 285 g/mol. The Morgan fingerprint density at radius 2 is 2.11 bits per heavy atom. The molecule has 19 heavy (non-hydrogen) atoms. The number of carbonyl (C=O) groups excluding carboxylic acids is 1. The van der Waals surface area contributed by atoms with Gasteiger partial charge in [0.05, 0.1) is 24.0 Å². The summed E-state index contributed by atoms with van der Waals surface area (Å²) in [6.07, 6.45) is 2.81. The quantitative estimate of drug-likeness (QED) is 0.728. The summed E-state index contributed by atoms with van der Waals surface area (Å²) >= 11 is 5.82. The van der Waals surface area contributed by atoms with E-state index < -0.39 is 5.54 Å². The second-order valence-corrected chi connectivity index (χ2v) is 4.91. The van der Waals surface area contributed by atoms with Crippen LogP contribution in [0.3, 0.4) is 0 Å². The van der Waals surface area contributed by atoms with Gasteiger partial charge in [-0.1, -0.05) is 25.4 Å². The predicted octanol–water partition coefficient (Wildman–Crippen LogP) is 2.72. The fourth-order valence-electron chi connectivity index (χ4n) is 1.72. The lowest BCUT2D eigenvalue weighted by atomic mass is 9.94. The summed E-state index contributed by atoms with van der Waals surface area (Å²) in [5.74, 6) is 0. The highest BCUT2D eigenvalue weighted by Crippen LogP contribution is 2.17. The summed E-state index contributed by atoms with van der Waals surface area (Å²) in [4.78, 5) is 15.9. The maximum absolute atomic E-state index is 11.9. The molecule has 106 valence electrons. The van der Waals surface area contributed by atoms with E-state index in [9.17, 15) is 9.90 Å². The predicted molar refractivity (Wildman–Crippen MR) is 76.5 cm³/mol. The number of halogens is 1. The summed E-state index contributed by atoms with van der Waals surface area (Å²) in [5.41, 5.74) is 0.774. The third kappa shape index (κ3) is 4.08. The Bertz CT molecular complexity index is 439. The van der Waals surface area contributed by atoms with Crippen LogP contribution in [0.2, 0.25) is 5.15 Å². The minimum atomic E-state index is -0.584. The fourth-order valence-corrected chi connectivity index (χ4v) is 1.82. The maximum Gasteiger partial charge on any atom is 0.319 e. The number of rotatable bonds is 5. The number of aryl methyl sites for hydroxylation is 1. The molecule has 0 bridgehead atoms. The van der Waals surface area contributed by atoms with E-state index in [2.05, 4.69) is 15.6 Å². The number of carbonyl (C=O) groups is 1. The van der Waals surface area contributed by atoms with Gasteiger partial charge in [0.25, 0.3) is 0 Å². The smallest absolute Gasteiger partial charge is 0.319 e. The van der Waals surface area contributed by atoms with Gasteiger partial charge in [-0.25, -0.2) is 9.78 Å². The van der Waals surface area contributed by atoms with Crippen molar-refractivity contribution in [2.24, 2.45) is 0 Å². The Morgan fingerprint density at radius 1 is 1.47 bits per heavy atom. The molecule has 0 saturated heterocycles. The highest BCUT2D eigenvalue weighted by atomic mass is 35.5. The van der Waals surface area contributed by atoms with E-state index in [0.717, 1.165) is 5.56 Å². The van der Waals surface area contributed by atoms with Gasteiger partial charge in [0.2, 0.25) is 0 Å². The average molecular weight is 286 g/mol. The summed E-state index contributed by atoms with van der Waals surface area (Å²) in [7, 11) is 0. The molecule has 3 N–H and O–H groups in total. The number of aliphatic hydroxyl groups is 1. The molecule has 0 aliphatic heterocycles. The van der Waals surface area contributed by atoms with Crippen LogP contribution in [0.25, 0.3) is 0 Å². The Morgan fingerprint density at radius 3 is 2.58 bits per heavy atom. The van der Waals surface area contributed by atoms with E-state index in [1.807, 2.05) is 20.8 Å². The second-order valence-electron chi connectivity index (χ2n) is 4.56. The molecule has 0 unspecified atom stereocenters. The van der Waals surface area contributed by atoms with Gasteiger partial charge in [-0.05, 0) is 31.4 Å². The minimum absolute atomic E-state index is 0.0919. The number of nitrogens with zero attached hydrogens (tertiary/aromatic N) is 1. The van der Waals surface area contributed by atoms with E-state index in [1.54, 1.807) is 6.07 Å². The van der Waals surface area contributed by atoms with Crippen LogP contribution < -0.4 is 10.6 Å². The van der Waals surface area contributed by atoms with Crippen molar-refractivity contribution in [1.82, 2.24) is 10.3 Å². The number of nitrogens with one attached hydrogen (secondary N) is 2. The molecule has 0 saturated carbocycles. The largest absolute Gasteiger partial charge is 0.394 e. The molecule has 2 amide bonds. The van der Waals surface area contributed by atoms with Crippen molar-refractivity contribution in [3.05, 3.63) is 23.0 Å². The third-order valence-electron chi connectivity index (χ3n) is 3.31. The lowest BCUT2D eigenvalue weighted by Gasteiger charge is -2.30. The van der Waals surface area contributed by atoms with E-state index >= 15 is 0 Å². The number of hydrogen-bond donors (Lipinski definition) is 3. The zero-order valence-electron chi connectivity index (χ0n) is 11.5. The van der Waals surface area contributed by atoms with Crippen LogP contribution in [0.4, 0.5) is 10.5 Å². The topological polar surface area (TPSA) is 74.2 Å². The van der Waals surface area contributed by atoms with Crippen molar-refractivity contribution in [2.45, 2.75) is 39.2 Å². The van der Waals surface area contributed by atoms with Crippen LogP contribution in [0.5, 0.6) is 0 Å². The highest BCUT2D eigenvalue weighted by molar-refractivity contribution is 6.30. The zero-order valence-corrected chi connectivity index (χ0v) is 12.2. The minimum Gasteiger partial charge on any atom is -0.394 e.